The van der Waals surface area contributed by atoms with E-state index in [0.29, 0.717) is 13.1 Å². The first-order chi connectivity index (χ1) is 9.54. The number of hydrogen-bond acceptors (Lipinski definition) is 4. The summed E-state index contributed by atoms with van der Waals surface area (Å²) in [7, 11) is 1.81. The molecule has 0 saturated carbocycles. The zero-order valence-corrected chi connectivity index (χ0v) is 11.0. The molecular weight excluding hydrogens is 262 g/mol. The molecule has 0 aliphatic carbocycles. The van der Waals surface area contributed by atoms with Gasteiger partial charge in [-0.2, -0.15) is 10.2 Å². The van der Waals surface area contributed by atoms with E-state index >= 15 is 0 Å². The Kier molecular flexibility index (Phi) is 4.14. The molecule has 8 nitrogen and oxygen atoms in total. The van der Waals surface area contributed by atoms with Crippen LogP contribution in [-0.4, -0.2) is 36.5 Å². The molecule has 0 spiro atoms. The van der Waals surface area contributed by atoms with E-state index in [1.54, 1.807) is 10.9 Å². The molecule has 0 aliphatic rings. The molecule has 2 rings (SSSR count). The van der Waals surface area contributed by atoms with Crippen molar-refractivity contribution in [1.29, 1.82) is 0 Å². The number of aromatic carboxylic acids is 1. The molecule has 106 valence electrons. The third-order valence-corrected chi connectivity index (χ3v) is 2.66. The minimum atomic E-state index is -1.08. The van der Waals surface area contributed by atoms with Crippen LogP contribution >= 0.6 is 0 Å². The Bertz CT molecular complexity index is 616. The van der Waals surface area contributed by atoms with Crippen molar-refractivity contribution in [2.24, 2.45) is 7.05 Å². The second-order valence-corrected chi connectivity index (χ2v) is 4.28. The predicted octanol–water partition coefficient (Wildman–Crippen LogP) is 0.0213. The summed E-state index contributed by atoms with van der Waals surface area (Å²) in [5.41, 5.74) is 0.756. The number of nitrogens with zero attached hydrogens (tertiary/aromatic N) is 4. The lowest BCUT2D eigenvalue weighted by Gasteiger charge is -2.03. The number of aromatic nitrogens is 4. The van der Waals surface area contributed by atoms with Crippen molar-refractivity contribution < 1.29 is 14.7 Å². The summed E-state index contributed by atoms with van der Waals surface area (Å²) in [6.07, 6.45) is 3.57. The van der Waals surface area contributed by atoms with Crippen molar-refractivity contribution in [1.82, 2.24) is 24.9 Å². The number of carbonyl (C=O) groups is 2. The molecule has 0 radical (unpaired) electrons. The standard InChI is InChI=1S/C12H15N5O3/c1-16-5-2-9(14-16)8-13-11(18)4-7-17-6-3-10(15-17)12(19)20/h2-3,5-6H,4,7-8H2,1H3,(H,13,18)(H,19,20). The zero-order chi connectivity index (χ0) is 14.5. The molecule has 0 unspecified atom stereocenters. The Hall–Kier alpha value is -2.64. The van der Waals surface area contributed by atoms with E-state index < -0.39 is 5.97 Å². The van der Waals surface area contributed by atoms with Gasteiger partial charge in [-0.05, 0) is 12.1 Å². The average molecular weight is 277 g/mol. The fourth-order valence-electron chi connectivity index (χ4n) is 1.65. The van der Waals surface area contributed by atoms with Gasteiger partial charge < -0.3 is 10.4 Å². The predicted molar refractivity (Wildman–Crippen MR) is 68.9 cm³/mol. The monoisotopic (exact) mass is 277 g/mol. The van der Waals surface area contributed by atoms with Gasteiger partial charge in [-0.1, -0.05) is 0 Å². The van der Waals surface area contributed by atoms with E-state index in [0.717, 1.165) is 5.69 Å². The molecule has 2 aromatic heterocycles. The average Bonchev–Trinajstić information content (AvgIpc) is 3.03. The second-order valence-electron chi connectivity index (χ2n) is 4.28. The molecular formula is C12H15N5O3. The van der Waals surface area contributed by atoms with Crippen LogP contribution in [0, 0.1) is 0 Å². The molecule has 2 heterocycles. The van der Waals surface area contributed by atoms with Crippen molar-refractivity contribution >= 4 is 11.9 Å². The summed E-state index contributed by atoms with van der Waals surface area (Å²) >= 11 is 0. The topological polar surface area (TPSA) is 102 Å². The van der Waals surface area contributed by atoms with Gasteiger partial charge in [0.2, 0.25) is 5.91 Å². The van der Waals surface area contributed by atoms with E-state index in [1.807, 2.05) is 13.1 Å². The Balaban J connectivity index is 1.75. The number of amides is 1. The van der Waals surface area contributed by atoms with Gasteiger partial charge in [-0.3, -0.25) is 14.2 Å². The van der Waals surface area contributed by atoms with Crippen LogP contribution in [-0.2, 0) is 24.9 Å². The fourth-order valence-corrected chi connectivity index (χ4v) is 1.65. The highest BCUT2D eigenvalue weighted by Crippen LogP contribution is 1.98. The van der Waals surface area contributed by atoms with E-state index in [1.165, 1.54) is 16.9 Å². The summed E-state index contributed by atoms with van der Waals surface area (Å²) in [6, 6.07) is 3.22. The van der Waals surface area contributed by atoms with Crippen LogP contribution in [0.3, 0.4) is 0 Å². The smallest absolute Gasteiger partial charge is 0.356 e. The SMILES string of the molecule is Cn1ccc(CNC(=O)CCn2ccc(C(=O)O)n2)n1. The molecule has 0 fully saturated rings. The van der Waals surface area contributed by atoms with Crippen LogP contribution in [0.4, 0.5) is 0 Å². The summed E-state index contributed by atoms with van der Waals surface area (Å²) in [5, 5.41) is 19.4. The number of carboxylic acids is 1. The highest BCUT2D eigenvalue weighted by Gasteiger charge is 2.08. The molecule has 0 bridgehead atoms. The highest BCUT2D eigenvalue weighted by atomic mass is 16.4. The van der Waals surface area contributed by atoms with Crippen LogP contribution < -0.4 is 5.32 Å². The van der Waals surface area contributed by atoms with Crippen LogP contribution in [0.2, 0.25) is 0 Å². The molecule has 2 N–H and O–H groups in total. The number of rotatable bonds is 6. The fraction of sp³-hybridized carbons (Fsp3) is 0.333. The highest BCUT2D eigenvalue weighted by molar-refractivity contribution is 5.85. The first-order valence-corrected chi connectivity index (χ1v) is 6.06. The van der Waals surface area contributed by atoms with Crippen molar-refractivity contribution in [2.75, 3.05) is 0 Å². The van der Waals surface area contributed by atoms with Gasteiger partial charge >= 0.3 is 5.97 Å². The van der Waals surface area contributed by atoms with E-state index in [9.17, 15) is 9.59 Å². The van der Waals surface area contributed by atoms with Crippen molar-refractivity contribution in [3.8, 4) is 0 Å². The third-order valence-electron chi connectivity index (χ3n) is 2.66. The van der Waals surface area contributed by atoms with E-state index in [-0.39, 0.29) is 18.0 Å². The maximum atomic E-state index is 11.6. The van der Waals surface area contributed by atoms with Gasteiger partial charge in [-0.15, -0.1) is 0 Å². The molecule has 1 amide bonds. The minimum absolute atomic E-state index is 0.0288. The number of carbonyl (C=O) groups excluding carboxylic acids is 1. The number of aryl methyl sites for hydroxylation is 2. The maximum absolute atomic E-state index is 11.6. The van der Waals surface area contributed by atoms with Gasteiger partial charge in [0.05, 0.1) is 12.2 Å². The van der Waals surface area contributed by atoms with Crippen molar-refractivity contribution in [2.45, 2.75) is 19.5 Å². The lowest BCUT2D eigenvalue weighted by molar-refractivity contribution is -0.121. The van der Waals surface area contributed by atoms with Crippen molar-refractivity contribution in [3.63, 3.8) is 0 Å². The Morgan fingerprint density at radius 1 is 1.30 bits per heavy atom. The Morgan fingerprint density at radius 3 is 2.70 bits per heavy atom. The Labute approximate surface area is 115 Å². The molecule has 20 heavy (non-hydrogen) atoms. The number of carboxylic acid groups (broad SMARTS) is 1. The van der Waals surface area contributed by atoms with Crippen LogP contribution in [0.15, 0.2) is 24.5 Å². The normalized spacial score (nSPS) is 10.4. The summed E-state index contributed by atoms with van der Waals surface area (Å²) < 4.78 is 3.10. The van der Waals surface area contributed by atoms with Gasteiger partial charge in [0, 0.05) is 32.4 Å². The van der Waals surface area contributed by atoms with Gasteiger partial charge in [0.15, 0.2) is 5.69 Å². The minimum Gasteiger partial charge on any atom is -0.476 e. The third kappa shape index (κ3) is 3.67. The first-order valence-electron chi connectivity index (χ1n) is 6.06. The lowest BCUT2D eigenvalue weighted by atomic mass is 10.3. The molecule has 2 aromatic rings. The first kappa shape index (κ1) is 13.8. The van der Waals surface area contributed by atoms with Crippen LogP contribution in [0.5, 0.6) is 0 Å². The Morgan fingerprint density at radius 2 is 2.10 bits per heavy atom. The van der Waals surface area contributed by atoms with Gasteiger partial charge in [0.25, 0.3) is 0 Å². The van der Waals surface area contributed by atoms with Crippen LogP contribution in [0.25, 0.3) is 0 Å². The maximum Gasteiger partial charge on any atom is 0.356 e. The van der Waals surface area contributed by atoms with Gasteiger partial charge in [0.1, 0.15) is 0 Å². The largest absolute Gasteiger partial charge is 0.476 e. The second kappa shape index (κ2) is 6.00. The molecule has 0 aliphatic heterocycles. The van der Waals surface area contributed by atoms with E-state index in [2.05, 4.69) is 15.5 Å². The summed E-state index contributed by atoms with van der Waals surface area (Å²) in [5.74, 6) is -1.22. The lowest BCUT2D eigenvalue weighted by Crippen LogP contribution is -2.24. The van der Waals surface area contributed by atoms with Crippen LogP contribution in [0.1, 0.15) is 22.6 Å². The molecule has 8 heteroatoms. The molecule has 0 aromatic carbocycles. The molecule has 0 atom stereocenters. The zero-order valence-electron chi connectivity index (χ0n) is 11.0. The molecule has 0 saturated heterocycles. The van der Waals surface area contributed by atoms with Gasteiger partial charge in [-0.25, -0.2) is 4.79 Å². The van der Waals surface area contributed by atoms with Crippen molar-refractivity contribution in [3.05, 3.63) is 35.9 Å². The summed E-state index contributed by atoms with van der Waals surface area (Å²) in [6.45, 7) is 0.709. The number of hydrogen-bond donors (Lipinski definition) is 2. The van der Waals surface area contributed by atoms with E-state index in [4.69, 9.17) is 5.11 Å². The number of nitrogens with one attached hydrogen (secondary N) is 1. The quantitative estimate of drug-likeness (QED) is 0.775. The summed E-state index contributed by atoms with van der Waals surface area (Å²) in [4.78, 5) is 22.3.